The number of unbranched alkanes of at least 4 members (excludes halogenated alkanes) is 2. The zero-order chi connectivity index (χ0) is 21.6. The van der Waals surface area contributed by atoms with Crippen molar-refractivity contribution in [2.24, 2.45) is 17.3 Å². The Balaban J connectivity index is 5.25. The maximum Gasteiger partial charge on any atom is 0.310 e. The van der Waals surface area contributed by atoms with E-state index in [1.807, 2.05) is 13.8 Å². The summed E-state index contributed by atoms with van der Waals surface area (Å²) in [5.74, 6) is -0.526. The lowest BCUT2D eigenvalue weighted by Gasteiger charge is -2.30. The lowest BCUT2D eigenvalue weighted by molar-refractivity contribution is -0.158. The highest BCUT2D eigenvalue weighted by molar-refractivity contribution is 5.81. The average Bonchev–Trinajstić information content (AvgIpc) is 2.59. The van der Waals surface area contributed by atoms with Gasteiger partial charge < -0.3 is 9.47 Å². The molecule has 0 aliphatic rings. The predicted molar refractivity (Wildman–Crippen MR) is 116 cm³/mol. The van der Waals surface area contributed by atoms with Crippen molar-refractivity contribution in [3.05, 3.63) is 11.6 Å². The van der Waals surface area contributed by atoms with E-state index < -0.39 is 11.3 Å². The third-order valence-corrected chi connectivity index (χ3v) is 5.13. The van der Waals surface area contributed by atoms with Gasteiger partial charge in [-0.2, -0.15) is 0 Å². The zero-order valence-corrected chi connectivity index (χ0v) is 19.4. The van der Waals surface area contributed by atoms with Crippen LogP contribution in [0.1, 0.15) is 99.8 Å². The number of ether oxygens (including phenoxy) is 2. The molecule has 164 valence electrons. The fraction of sp³-hybridized carbons (Fsp3) is 0.833. The van der Waals surface area contributed by atoms with Crippen LogP contribution in [0.25, 0.3) is 0 Å². The number of carbonyl (C=O) groups excluding carboxylic acids is 2. The molecule has 0 amide bonds. The third kappa shape index (κ3) is 11.5. The summed E-state index contributed by atoms with van der Waals surface area (Å²) >= 11 is 0. The molecule has 0 heterocycles. The van der Waals surface area contributed by atoms with E-state index in [1.165, 1.54) is 18.4 Å². The molecular formula is C24H44O4. The highest BCUT2D eigenvalue weighted by atomic mass is 16.5. The quantitative estimate of drug-likeness (QED) is 0.181. The SMILES string of the molecule is CCCCOC(=O)C[C@@H](C(=O)OCCCC)C(C)(C)/C=C(\C)C[C@@H](C)CCC. The maximum atomic E-state index is 12.8. The summed E-state index contributed by atoms with van der Waals surface area (Å²) in [6.45, 7) is 15.5. The first kappa shape index (κ1) is 26.7. The Labute approximate surface area is 173 Å². The maximum absolute atomic E-state index is 12.8. The number of hydrogen-bond donors (Lipinski definition) is 0. The minimum absolute atomic E-state index is 0.0654. The van der Waals surface area contributed by atoms with Crippen LogP contribution in [0.15, 0.2) is 11.6 Å². The molecule has 0 spiro atoms. The molecule has 0 saturated heterocycles. The second kappa shape index (κ2) is 14.6. The molecule has 28 heavy (non-hydrogen) atoms. The van der Waals surface area contributed by atoms with Crippen LogP contribution in [0, 0.1) is 17.3 Å². The van der Waals surface area contributed by atoms with E-state index in [-0.39, 0.29) is 18.4 Å². The Kier molecular flexibility index (Phi) is 14.0. The highest BCUT2D eigenvalue weighted by Gasteiger charge is 2.37. The number of carbonyl (C=O) groups is 2. The Morgan fingerprint density at radius 1 is 0.929 bits per heavy atom. The smallest absolute Gasteiger partial charge is 0.310 e. The summed E-state index contributed by atoms with van der Waals surface area (Å²) in [6.07, 6.45) is 9.22. The molecule has 0 aliphatic carbocycles. The molecule has 0 radical (unpaired) electrons. The van der Waals surface area contributed by atoms with Crippen molar-refractivity contribution in [1.29, 1.82) is 0 Å². The van der Waals surface area contributed by atoms with Crippen molar-refractivity contribution in [2.45, 2.75) is 99.8 Å². The largest absolute Gasteiger partial charge is 0.466 e. The summed E-state index contributed by atoms with van der Waals surface area (Å²) in [4.78, 5) is 25.1. The van der Waals surface area contributed by atoms with Gasteiger partial charge in [0.15, 0.2) is 0 Å². The van der Waals surface area contributed by atoms with Crippen LogP contribution in [-0.4, -0.2) is 25.2 Å². The lowest BCUT2D eigenvalue weighted by Crippen LogP contribution is -2.34. The van der Waals surface area contributed by atoms with Crippen LogP contribution in [0.2, 0.25) is 0 Å². The van der Waals surface area contributed by atoms with Gasteiger partial charge in [-0.25, -0.2) is 0 Å². The first-order valence-electron chi connectivity index (χ1n) is 11.2. The first-order chi connectivity index (χ1) is 13.2. The second-order valence-corrected chi connectivity index (χ2v) is 8.76. The molecule has 0 bridgehead atoms. The molecule has 0 aromatic heterocycles. The van der Waals surface area contributed by atoms with E-state index in [9.17, 15) is 9.59 Å². The Bertz CT molecular complexity index is 479. The van der Waals surface area contributed by atoms with E-state index in [1.54, 1.807) is 0 Å². The lowest BCUT2D eigenvalue weighted by atomic mass is 9.75. The van der Waals surface area contributed by atoms with Crippen LogP contribution in [0.5, 0.6) is 0 Å². The van der Waals surface area contributed by atoms with Crippen molar-refractivity contribution in [1.82, 2.24) is 0 Å². The second-order valence-electron chi connectivity index (χ2n) is 8.76. The Morgan fingerprint density at radius 3 is 2.04 bits per heavy atom. The van der Waals surface area contributed by atoms with E-state index in [0.29, 0.717) is 19.1 Å². The molecular weight excluding hydrogens is 352 g/mol. The normalized spacial score (nSPS) is 14.5. The molecule has 0 N–H and O–H groups in total. The van der Waals surface area contributed by atoms with Gasteiger partial charge in [-0.15, -0.1) is 0 Å². The van der Waals surface area contributed by atoms with Crippen LogP contribution >= 0.6 is 0 Å². The fourth-order valence-electron chi connectivity index (χ4n) is 3.56. The predicted octanol–water partition coefficient (Wildman–Crippen LogP) is 6.48. The molecule has 0 aromatic carbocycles. The highest BCUT2D eigenvalue weighted by Crippen LogP contribution is 2.35. The number of hydrogen-bond acceptors (Lipinski definition) is 4. The van der Waals surface area contributed by atoms with E-state index in [2.05, 4.69) is 40.7 Å². The van der Waals surface area contributed by atoms with Gasteiger partial charge >= 0.3 is 11.9 Å². The minimum Gasteiger partial charge on any atom is -0.466 e. The van der Waals surface area contributed by atoms with Crippen molar-refractivity contribution in [3.63, 3.8) is 0 Å². The van der Waals surface area contributed by atoms with E-state index in [0.717, 1.165) is 32.1 Å². The number of rotatable bonds is 15. The van der Waals surface area contributed by atoms with Gasteiger partial charge in [0.25, 0.3) is 0 Å². The Morgan fingerprint density at radius 2 is 1.50 bits per heavy atom. The molecule has 0 rings (SSSR count). The van der Waals surface area contributed by atoms with E-state index >= 15 is 0 Å². The summed E-state index contributed by atoms with van der Waals surface area (Å²) in [5.41, 5.74) is 0.792. The van der Waals surface area contributed by atoms with Crippen molar-refractivity contribution >= 4 is 11.9 Å². The third-order valence-electron chi connectivity index (χ3n) is 5.13. The van der Waals surface area contributed by atoms with Gasteiger partial charge in [-0.3, -0.25) is 9.59 Å². The monoisotopic (exact) mass is 396 g/mol. The molecule has 0 saturated carbocycles. The van der Waals surface area contributed by atoms with Crippen LogP contribution in [0.3, 0.4) is 0 Å². The Hall–Kier alpha value is -1.32. The van der Waals surface area contributed by atoms with Gasteiger partial charge in [-0.1, -0.05) is 78.9 Å². The first-order valence-corrected chi connectivity index (χ1v) is 11.2. The van der Waals surface area contributed by atoms with Gasteiger partial charge in [0.1, 0.15) is 0 Å². The summed E-state index contributed by atoms with van der Waals surface area (Å²) < 4.78 is 10.8. The van der Waals surface area contributed by atoms with Crippen molar-refractivity contribution in [3.8, 4) is 0 Å². The minimum atomic E-state index is -0.532. The topological polar surface area (TPSA) is 52.6 Å². The fourth-order valence-corrected chi connectivity index (χ4v) is 3.56. The van der Waals surface area contributed by atoms with Gasteiger partial charge in [0.2, 0.25) is 0 Å². The van der Waals surface area contributed by atoms with Crippen LogP contribution in [-0.2, 0) is 19.1 Å². The van der Waals surface area contributed by atoms with Crippen molar-refractivity contribution < 1.29 is 19.1 Å². The molecule has 0 aliphatic heterocycles. The summed E-state index contributed by atoms with van der Waals surface area (Å²) in [6, 6.07) is 0. The zero-order valence-electron chi connectivity index (χ0n) is 19.4. The molecule has 4 nitrogen and oxygen atoms in total. The van der Waals surface area contributed by atoms with E-state index in [4.69, 9.17) is 9.47 Å². The number of allylic oxidation sites excluding steroid dienone is 2. The molecule has 0 fully saturated rings. The van der Waals surface area contributed by atoms with Crippen LogP contribution < -0.4 is 0 Å². The standard InChI is InChI=1S/C24H44O4/c1-8-11-14-27-22(25)17-21(23(26)28-15-12-9-2)24(6,7)18-20(5)16-19(4)13-10-3/h18-19,21H,8-17H2,1-7H3/b20-18+/t19-,21-/m0/s1. The molecule has 4 heteroatoms. The van der Waals surface area contributed by atoms with Gasteiger partial charge in [-0.05, 0) is 37.5 Å². The molecule has 0 unspecified atom stereocenters. The van der Waals surface area contributed by atoms with Crippen molar-refractivity contribution in [2.75, 3.05) is 13.2 Å². The summed E-state index contributed by atoms with van der Waals surface area (Å²) in [5, 5.41) is 0. The number of esters is 2. The van der Waals surface area contributed by atoms with Crippen LogP contribution in [0.4, 0.5) is 0 Å². The molecule has 2 atom stereocenters. The van der Waals surface area contributed by atoms with Gasteiger partial charge in [0, 0.05) is 0 Å². The molecule has 0 aromatic rings. The van der Waals surface area contributed by atoms with Gasteiger partial charge in [0.05, 0.1) is 25.6 Å². The average molecular weight is 397 g/mol. The summed E-state index contributed by atoms with van der Waals surface area (Å²) in [7, 11) is 0.